The van der Waals surface area contributed by atoms with Crippen LogP contribution in [0.15, 0.2) is 77.9 Å². The fraction of sp³-hybridized carbons (Fsp3) is 0.0455. The van der Waals surface area contributed by atoms with Crippen LogP contribution in [-0.2, 0) is 0 Å². The quantitative estimate of drug-likeness (QED) is 0.234. The number of rotatable bonds is 5. The van der Waals surface area contributed by atoms with Crippen LogP contribution in [-0.4, -0.2) is 22.2 Å². The smallest absolute Gasteiger partial charge is 0.343 e. The molecule has 28 heavy (non-hydrogen) atoms. The van der Waals surface area contributed by atoms with E-state index in [2.05, 4.69) is 20.5 Å². The summed E-state index contributed by atoms with van der Waals surface area (Å²) < 4.78 is 5.39. The number of nitrogens with one attached hydrogen (secondary N) is 2. The van der Waals surface area contributed by atoms with E-state index in [0.29, 0.717) is 17.3 Å². The van der Waals surface area contributed by atoms with E-state index in [-0.39, 0.29) is 5.97 Å². The van der Waals surface area contributed by atoms with Gasteiger partial charge in [0, 0.05) is 0 Å². The lowest BCUT2D eigenvalue weighted by Crippen LogP contribution is -2.08. The number of esters is 1. The zero-order valence-electron chi connectivity index (χ0n) is 15.2. The molecule has 6 nitrogen and oxygen atoms in total. The minimum atomic E-state index is -0.382. The molecule has 0 aliphatic carbocycles. The summed E-state index contributed by atoms with van der Waals surface area (Å²) in [6.45, 7) is 1.97. The predicted molar refractivity (Wildman–Crippen MR) is 110 cm³/mol. The van der Waals surface area contributed by atoms with Crippen LogP contribution < -0.4 is 10.2 Å². The molecule has 0 spiro atoms. The van der Waals surface area contributed by atoms with E-state index in [1.165, 1.54) is 0 Å². The average molecular weight is 370 g/mol. The SMILES string of the molecule is Cc1ccc(C(=O)Oc2ccc(/C=N\Nc3nc4ccccc4[nH]3)cc2)cc1. The second kappa shape index (κ2) is 7.75. The number of para-hydroxylation sites is 2. The van der Waals surface area contributed by atoms with Crippen LogP contribution in [0.1, 0.15) is 21.5 Å². The molecule has 138 valence electrons. The lowest BCUT2D eigenvalue weighted by Gasteiger charge is -2.05. The van der Waals surface area contributed by atoms with Crippen LogP contribution in [0.25, 0.3) is 11.0 Å². The molecule has 4 rings (SSSR count). The molecule has 0 saturated heterocycles. The first-order valence-corrected chi connectivity index (χ1v) is 8.80. The summed E-state index contributed by atoms with van der Waals surface area (Å²) in [4.78, 5) is 19.7. The molecule has 3 aromatic carbocycles. The Balaban J connectivity index is 1.36. The zero-order chi connectivity index (χ0) is 19.3. The van der Waals surface area contributed by atoms with Crippen molar-refractivity contribution < 1.29 is 9.53 Å². The molecule has 0 fully saturated rings. The molecule has 0 saturated carbocycles. The molecule has 0 unspecified atom stereocenters. The maximum atomic E-state index is 12.1. The number of H-pyrrole nitrogens is 1. The first-order chi connectivity index (χ1) is 13.7. The summed E-state index contributed by atoms with van der Waals surface area (Å²) in [5, 5.41) is 4.18. The third-order valence-electron chi connectivity index (χ3n) is 4.15. The van der Waals surface area contributed by atoms with E-state index in [1.54, 1.807) is 30.5 Å². The van der Waals surface area contributed by atoms with E-state index >= 15 is 0 Å². The van der Waals surface area contributed by atoms with Crippen LogP contribution in [0.2, 0.25) is 0 Å². The largest absolute Gasteiger partial charge is 0.423 e. The standard InChI is InChI=1S/C22H18N4O2/c1-15-6-10-17(11-7-15)21(27)28-18-12-8-16(9-13-18)14-23-26-22-24-19-4-2-3-5-20(19)25-22/h2-14H,1H3,(H2,24,25,26)/b23-14-. The number of hydrogen-bond donors (Lipinski definition) is 2. The molecule has 6 heteroatoms. The summed E-state index contributed by atoms with van der Waals surface area (Å²) in [7, 11) is 0. The van der Waals surface area contributed by atoms with Gasteiger partial charge in [-0.2, -0.15) is 5.10 Å². The number of ether oxygens (including phenoxy) is 1. The Morgan fingerprint density at radius 3 is 2.54 bits per heavy atom. The Labute approximate surface area is 161 Å². The molecule has 0 aliphatic heterocycles. The van der Waals surface area contributed by atoms with Crippen molar-refractivity contribution in [1.29, 1.82) is 0 Å². The molecule has 2 N–H and O–H groups in total. The molecule has 0 radical (unpaired) electrons. The maximum Gasteiger partial charge on any atom is 0.343 e. The number of fused-ring (bicyclic) bond motifs is 1. The van der Waals surface area contributed by atoms with Gasteiger partial charge in [-0.15, -0.1) is 0 Å². The minimum absolute atomic E-state index is 0.382. The van der Waals surface area contributed by atoms with Gasteiger partial charge < -0.3 is 9.72 Å². The van der Waals surface area contributed by atoms with Crippen molar-refractivity contribution in [3.05, 3.63) is 89.5 Å². The van der Waals surface area contributed by atoms with Gasteiger partial charge in [0.1, 0.15) is 5.75 Å². The molecule has 0 amide bonds. The number of aromatic amines is 1. The van der Waals surface area contributed by atoms with Gasteiger partial charge in [0.2, 0.25) is 5.95 Å². The second-order valence-electron chi connectivity index (χ2n) is 6.30. The van der Waals surface area contributed by atoms with Crippen molar-refractivity contribution in [2.75, 3.05) is 5.43 Å². The summed E-state index contributed by atoms with van der Waals surface area (Å²) in [5.41, 5.74) is 7.17. The topological polar surface area (TPSA) is 79.4 Å². The van der Waals surface area contributed by atoms with E-state index in [9.17, 15) is 4.79 Å². The molecule has 0 bridgehead atoms. The predicted octanol–water partition coefficient (Wildman–Crippen LogP) is 4.54. The molecule has 4 aromatic rings. The third-order valence-corrected chi connectivity index (χ3v) is 4.15. The first kappa shape index (κ1) is 17.5. The highest BCUT2D eigenvalue weighted by Gasteiger charge is 2.08. The fourth-order valence-corrected chi connectivity index (χ4v) is 2.65. The molecule has 0 aliphatic rings. The zero-order valence-corrected chi connectivity index (χ0v) is 15.2. The van der Waals surface area contributed by atoms with Crippen LogP contribution in [0.3, 0.4) is 0 Å². The highest BCUT2D eigenvalue weighted by Crippen LogP contribution is 2.15. The number of hydrazone groups is 1. The Hall–Kier alpha value is -3.93. The molecular weight excluding hydrogens is 352 g/mol. The molecular formula is C22H18N4O2. The van der Waals surface area contributed by atoms with E-state index in [1.807, 2.05) is 55.5 Å². The van der Waals surface area contributed by atoms with Gasteiger partial charge in [0.15, 0.2) is 0 Å². The average Bonchev–Trinajstić information content (AvgIpc) is 3.12. The minimum Gasteiger partial charge on any atom is -0.423 e. The summed E-state index contributed by atoms with van der Waals surface area (Å²) in [6.07, 6.45) is 1.67. The first-order valence-electron chi connectivity index (χ1n) is 8.80. The number of aromatic nitrogens is 2. The lowest BCUT2D eigenvalue weighted by molar-refractivity contribution is 0.0735. The monoisotopic (exact) mass is 370 g/mol. The van der Waals surface area contributed by atoms with Crippen molar-refractivity contribution in [3.8, 4) is 5.75 Å². The summed E-state index contributed by atoms with van der Waals surface area (Å²) >= 11 is 0. The molecule has 1 aromatic heterocycles. The van der Waals surface area contributed by atoms with Crippen LogP contribution >= 0.6 is 0 Å². The summed E-state index contributed by atoms with van der Waals surface area (Å²) in [6, 6.07) is 22.1. The Morgan fingerprint density at radius 1 is 1.04 bits per heavy atom. The summed E-state index contributed by atoms with van der Waals surface area (Å²) in [5.74, 6) is 0.669. The van der Waals surface area contributed by atoms with Crippen molar-refractivity contribution in [1.82, 2.24) is 9.97 Å². The second-order valence-corrected chi connectivity index (χ2v) is 6.30. The van der Waals surface area contributed by atoms with Gasteiger partial charge in [0.25, 0.3) is 0 Å². The number of aryl methyl sites for hydroxylation is 1. The normalized spacial score (nSPS) is 11.0. The fourth-order valence-electron chi connectivity index (χ4n) is 2.65. The van der Waals surface area contributed by atoms with Gasteiger partial charge >= 0.3 is 5.97 Å². The Bertz CT molecular complexity index is 1100. The molecule has 0 atom stereocenters. The number of nitrogens with zero attached hydrogens (tertiary/aromatic N) is 2. The van der Waals surface area contributed by atoms with Crippen LogP contribution in [0, 0.1) is 6.92 Å². The van der Waals surface area contributed by atoms with Crippen LogP contribution in [0.4, 0.5) is 5.95 Å². The number of carbonyl (C=O) groups is 1. The number of carbonyl (C=O) groups excluding carboxylic acids is 1. The Kier molecular flexibility index (Phi) is 4.84. The van der Waals surface area contributed by atoms with E-state index in [4.69, 9.17) is 4.74 Å². The van der Waals surface area contributed by atoms with Gasteiger partial charge in [-0.3, -0.25) is 0 Å². The third kappa shape index (κ3) is 4.07. The number of hydrogen-bond acceptors (Lipinski definition) is 5. The van der Waals surface area contributed by atoms with Gasteiger partial charge in [0.05, 0.1) is 22.8 Å². The number of benzene rings is 3. The van der Waals surface area contributed by atoms with Crippen molar-refractivity contribution in [2.45, 2.75) is 6.92 Å². The maximum absolute atomic E-state index is 12.1. The molecule has 1 heterocycles. The van der Waals surface area contributed by atoms with Crippen molar-refractivity contribution in [2.24, 2.45) is 5.10 Å². The van der Waals surface area contributed by atoms with Crippen molar-refractivity contribution >= 4 is 29.2 Å². The van der Waals surface area contributed by atoms with E-state index < -0.39 is 0 Å². The van der Waals surface area contributed by atoms with Gasteiger partial charge in [-0.25, -0.2) is 15.2 Å². The number of anilines is 1. The highest BCUT2D eigenvalue weighted by atomic mass is 16.5. The van der Waals surface area contributed by atoms with Gasteiger partial charge in [-0.05, 0) is 61.0 Å². The lowest BCUT2D eigenvalue weighted by atomic mass is 10.1. The Morgan fingerprint density at radius 2 is 1.79 bits per heavy atom. The highest BCUT2D eigenvalue weighted by molar-refractivity contribution is 5.91. The van der Waals surface area contributed by atoms with Gasteiger partial charge in [-0.1, -0.05) is 29.8 Å². The van der Waals surface area contributed by atoms with Crippen molar-refractivity contribution in [3.63, 3.8) is 0 Å². The van der Waals surface area contributed by atoms with Crippen LogP contribution in [0.5, 0.6) is 5.75 Å². The van der Waals surface area contributed by atoms with E-state index in [0.717, 1.165) is 22.2 Å². The number of imidazole rings is 1.